The first-order valence-electron chi connectivity index (χ1n) is 9.16. The minimum Gasteiger partial charge on any atom is -0.490 e. The third kappa shape index (κ3) is 3.45. The average molecular weight is 424 g/mol. The molecule has 0 spiro atoms. The molecule has 29 heavy (non-hydrogen) atoms. The van der Waals surface area contributed by atoms with Crippen molar-refractivity contribution >= 4 is 27.3 Å². The van der Waals surface area contributed by atoms with Crippen molar-refractivity contribution in [1.29, 1.82) is 0 Å². The number of nitrogens with zero attached hydrogens (tertiary/aromatic N) is 4. The molecule has 0 saturated carbocycles. The number of halogens is 3. The quantitative estimate of drug-likeness (QED) is 0.621. The number of benzene rings is 1. The van der Waals surface area contributed by atoms with Gasteiger partial charge in [-0.05, 0) is 44.4 Å². The summed E-state index contributed by atoms with van der Waals surface area (Å²) in [5.41, 5.74) is 0.437. The Hall–Kier alpha value is -2.62. The van der Waals surface area contributed by atoms with Crippen LogP contribution in [0.1, 0.15) is 48.8 Å². The number of amides is 1. The molecular formula is C19H19F3N4O2S. The van der Waals surface area contributed by atoms with E-state index in [9.17, 15) is 18.0 Å². The molecule has 1 aliphatic heterocycles. The first-order chi connectivity index (χ1) is 13.7. The van der Waals surface area contributed by atoms with Gasteiger partial charge in [0.25, 0.3) is 5.91 Å². The molecule has 1 amide bonds. The zero-order valence-corrected chi connectivity index (χ0v) is 16.8. The number of fused-ring (bicyclic) bond motifs is 2. The monoisotopic (exact) mass is 424 g/mol. The zero-order valence-electron chi connectivity index (χ0n) is 16.0. The predicted molar refractivity (Wildman–Crippen MR) is 102 cm³/mol. The van der Waals surface area contributed by atoms with Crippen LogP contribution in [-0.4, -0.2) is 38.2 Å². The Balaban J connectivity index is 1.68. The van der Waals surface area contributed by atoms with Crippen LogP contribution in [-0.2, 0) is 12.7 Å². The van der Waals surface area contributed by atoms with Gasteiger partial charge < -0.3 is 14.2 Å². The smallest absolute Gasteiger partial charge is 0.451 e. The maximum atomic E-state index is 13.2. The van der Waals surface area contributed by atoms with E-state index in [4.69, 9.17) is 4.74 Å². The summed E-state index contributed by atoms with van der Waals surface area (Å²) in [6, 6.07) is 4.80. The van der Waals surface area contributed by atoms with Crippen molar-refractivity contribution in [2.45, 2.75) is 45.6 Å². The Morgan fingerprint density at radius 1 is 1.28 bits per heavy atom. The number of carbonyl (C=O) groups is 1. The maximum Gasteiger partial charge on any atom is 0.451 e. The highest BCUT2D eigenvalue weighted by Gasteiger charge is 2.41. The number of hydrogen-bond donors (Lipinski definition) is 0. The molecule has 0 saturated heterocycles. The van der Waals surface area contributed by atoms with E-state index in [1.165, 1.54) is 16.2 Å². The second-order valence-electron chi connectivity index (χ2n) is 7.18. The number of ether oxygens (including phenoxy) is 1. The average Bonchev–Trinajstić information content (AvgIpc) is 3.27. The summed E-state index contributed by atoms with van der Waals surface area (Å²) in [5, 5.41) is 9.86. The third-order valence-electron chi connectivity index (χ3n) is 4.84. The molecule has 1 unspecified atom stereocenters. The lowest BCUT2D eigenvalue weighted by Crippen LogP contribution is -2.42. The fourth-order valence-electron chi connectivity index (χ4n) is 3.55. The fraction of sp³-hybridized carbons (Fsp3) is 0.421. The topological polar surface area (TPSA) is 60.2 Å². The standard InChI is InChI=1S/C19H19F3N4O2S/c1-10(2)28-14-8-12(9-15-13(14)4-7-29-15)17(27)25-5-6-26-16(11(25)3)23-24-18(26)19(20,21)22/h4,7-11H,5-6H2,1-3H3. The van der Waals surface area contributed by atoms with Gasteiger partial charge in [0.15, 0.2) is 5.82 Å². The minimum absolute atomic E-state index is 0.0101. The van der Waals surface area contributed by atoms with Gasteiger partial charge in [-0.1, -0.05) is 0 Å². The van der Waals surface area contributed by atoms with Gasteiger partial charge in [-0.3, -0.25) is 4.79 Å². The van der Waals surface area contributed by atoms with Crippen molar-refractivity contribution in [2.24, 2.45) is 0 Å². The highest BCUT2D eigenvalue weighted by Crippen LogP contribution is 2.36. The molecule has 3 heterocycles. The number of hydrogen-bond acceptors (Lipinski definition) is 5. The van der Waals surface area contributed by atoms with Crippen LogP contribution in [0, 0.1) is 0 Å². The molecule has 0 fully saturated rings. The highest BCUT2D eigenvalue weighted by molar-refractivity contribution is 7.17. The Morgan fingerprint density at radius 2 is 2.03 bits per heavy atom. The van der Waals surface area contributed by atoms with Gasteiger partial charge in [0.1, 0.15) is 5.75 Å². The van der Waals surface area contributed by atoms with E-state index in [0.29, 0.717) is 11.3 Å². The second kappa shape index (κ2) is 7.01. The van der Waals surface area contributed by atoms with E-state index in [0.717, 1.165) is 14.7 Å². The van der Waals surface area contributed by atoms with E-state index in [1.807, 2.05) is 25.3 Å². The molecule has 1 aliphatic rings. The molecule has 6 nitrogen and oxygen atoms in total. The van der Waals surface area contributed by atoms with Crippen molar-refractivity contribution in [3.63, 3.8) is 0 Å². The lowest BCUT2D eigenvalue weighted by Gasteiger charge is -2.34. The summed E-state index contributed by atoms with van der Waals surface area (Å²) in [4.78, 5) is 14.7. The summed E-state index contributed by atoms with van der Waals surface area (Å²) >= 11 is 1.50. The van der Waals surface area contributed by atoms with Crippen molar-refractivity contribution in [3.05, 3.63) is 40.8 Å². The number of alkyl halides is 3. The largest absolute Gasteiger partial charge is 0.490 e. The summed E-state index contributed by atoms with van der Waals surface area (Å²) in [7, 11) is 0. The van der Waals surface area contributed by atoms with E-state index in [-0.39, 0.29) is 30.9 Å². The Labute approximate surface area is 168 Å². The second-order valence-corrected chi connectivity index (χ2v) is 8.13. The SMILES string of the molecule is CC(C)Oc1cc(C(=O)N2CCn3c(nnc3C(F)(F)F)C2C)cc2sccc12. The van der Waals surface area contributed by atoms with Gasteiger partial charge in [-0.25, -0.2) is 0 Å². The lowest BCUT2D eigenvalue weighted by molar-refractivity contribution is -0.148. The summed E-state index contributed by atoms with van der Waals surface area (Å²) in [6.45, 7) is 5.60. The van der Waals surface area contributed by atoms with Crippen LogP contribution in [0.5, 0.6) is 5.75 Å². The van der Waals surface area contributed by atoms with Crippen molar-refractivity contribution < 1.29 is 22.7 Å². The number of aromatic nitrogens is 3. The number of carbonyl (C=O) groups excluding carboxylic acids is 1. The summed E-state index contributed by atoms with van der Waals surface area (Å²) < 4.78 is 47.2. The van der Waals surface area contributed by atoms with Gasteiger partial charge in [0.05, 0.1) is 12.1 Å². The molecule has 1 aromatic carbocycles. The lowest BCUT2D eigenvalue weighted by atomic mass is 10.1. The normalized spacial score (nSPS) is 17.1. The molecule has 154 valence electrons. The molecule has 2 aromatic heterocycles. The maximum absolute atomic E-state index is 13.2. The summed E-state index contributed by atoms with van der Waals surface area (Å²) in [5.74, 6) is -0.551. The van der Waals surface area contributed by atoms with Crippen LogP contribution >= 0.6 is 11.3 Å². The van der Waals surface area contributed by atoms with Gasteiger partial charge >= 0.3 is 6.18 Å². The first kappa shape index (κ1) is 19.7. The molecule has 3 aromatic rings. The van der Waals surface area contributed by atoms with Crippen molar-refractivity contribution in [1.82, 2.24) is 19.7 Å². The molecule has 0 N–H and O–H groups in total. The van der Waals surface area contributed by atoms with E-state index >= 15 is 0 Å². The van der Waals surface area contributed by atoms with Crippen LogP contribution in [0.3, 0.4) is 0 Å². The molecule has 0 radical (unpaired) electrons. The molecule has 10 heteroatoms. The van der Waals surface area contributed by atoms with Crippen molar-refractivity contribution in [2.75, 3.05) is 6.54 Å². The van der Waals surface area contributed by atoms with Gasteiger partial charge in [-0.2, -0.15) is 13.2 Å². The van der Waals surface area contributed by atoms with E-state index < -0.39 is 18.0 Å². The zero-order chi connectivity index (χ0) is 20.9. The Bertz CT molecular complexity index is 1070. The van der Waals surface area contributed by atoms with Crippen molar-refractivity contribution in [3.8, 4) is 5.75 Å². The Morgan fingerprint density at radius 3 is 2.72 bits per heavy atom. The molecule has 4 rings (SSSR count). The number of rotatable bonds is 3. The van der Waals surface area contributed by atoms with Crippen LogP contribution in [0.15, 0.2) is 23.6 Å². The van der Waals surface area contributed by atoms with Gasteiger partial charge in [-0.15, -0.1) is 21.5 Å². The van der Waals surface area contributed by atoms with Crippen LogP contribution < -0.4 is 4.74 Å². The van der Waals surface area contributed by atoms with Gasteiger partial charge in [0.2, 0.25) is 5.82 Å². The highest BCUT2D eigenvalue weighted by atomic mass is 32.1. The van der Waals surface area contributed by atoms with Crippen LogP contribution in [0.2, 0.25) is 0 Å². The van der Waals surface area contributed by atoms with E-state index in [1.54, 1.807) is 19.1 Å². The molecule has 1 atom stereocenters. The molecule has 0 bridgehead atoms. The third-order valence-corrected chi connectivity index (χ3v) is 5.71. The predicted octanol–water partition coefficient (Wildman–Crippen LogP) is 4.52. The molecule has 0 aliphatic carbocycles. The number of thiophene rings is 1. The Kier molecular flexibility index (Phi) is 4.76. The van der Waals surface area contributed by atoms with Crippen LogP contribution in [0.4, 0.5) is 13.2 Å². The first-order valence-corrected chi connectivity index (χ1v) is 10.0. The minimum atomic E-state index is -4.58. The molecular weight excluding hydrogens is 405 g/mol. The van der Waals surface area contributed by atoms with Crippen LogP contribution in [0.25, 0.3) is 10.1 Å². The summed E-state index contributed by atoms with van der Waals surface area (Å²) in [6.07, 6.45) is -4.64. The van der Waals surface area contributed by atoms with E-state index in [2.05, 4.69) is 10.2 Å². The fourth-order valence-corrected chi connectivity index (χ4v) is 4.39. The van der Waals surface area contributed by atoms with Gasteiger partial charge in [0, 0.05) is 28.7 Å².